The lowest BCUT2D eigenvalue weighted by Gasteiger charge is -2.23. The van der Waals surface area contributed by atoms with Gasteiger partial charge in [0, 0.05) is 19.5 Å². The summed E-state index contributed by atoms with van der Waals surface area (Å²) in [6, 6.07) is 0. The van der Waals surface area contributed by atoms with Crippen LogP contribution in [0, 0.1) is 5.92 Å². The average Bonchev–Trinajstić information content (AvgIpc) is 2.23. The monoisotopic (exact) mass is 231 g/mol. The van der Waals surface area contributed by atoms with E-state index in [2.05, 4.69) is 0 Å². The number of nitrogens with zero attached hydrogens (tertiary/aromatic N) is 1. The summed E-state index contributed by atoms with van der Waals surface area (Å²) in [6.07, 6.45) is -0.205. The minimum Gasteiger partial charge on any atom is -0.450 e. The molecule has 0 aromatic carbocycles. The molecule has 0 unspecified atom stereocenters. The van der Waals surface area contributed by atoms with E-state index in [9.17, 15) is 9.59 Å². The van der Waals surface area contributed by atoms with Gasteiger partial charge in [0.1, 0.15) is 0 Å². The Kier molecular flexibility index (Phi) is 7.28. The molecule has 0 aliphatic heterocycles. The fourth-order valence-electron chi connectivity index (χ4n) is 1.22. The number of nitrogens with one attached hydrogen (secondary N) is 1. The van der Waals surface area contributed by atoms with E-state index >= 15 is 0 Å². The second kappa shape index (κ2) is 7.92. The highest BCUT2D eigenvalue weighted by Crippen LogP contribution is 2.02. The van der Waals surface area contributed by atoms with Crippen molar-refractivity contribution in [3.8, 4) is 0 Å². The molecular weight excluding hydrogens is 210 g/mol. The van der Waals surface area contributed by atoms with Gasteiger partial charge in [-0.05, 0) is 12.8 Å². The van der Waals surface area contributed by atoms with Gasteiger partial charge < -0.3 is 9.64 Å². The van der Waals surface area contributed by atoms with Crippen molar-refractivity contribution in [2.75, 3.05) is 19.7 Å². The zero-order chi connectivity index (χ0) is 12.6. The number of hydrogen-bond donors (Lipinski definition) is 2. The number of amides is 2. The fraction of sp³-hybridized carbons (Fsp3) is 0.800. The summed E-state index contributed by atoms with van der Waals surface area (Å²) in [6.45, 7) is 6.95. The van der Waals surface area contributed by atoms with Gasteiger partial charge in [0.2, 0.25) is 5.91 Å². The normalized spacial score (nSPS) is 10.1. The third-order valence-corrected chi connectivity index (χ3v) is 1.88. The van der Waals surface area contributed by atoms with Crippen LogP contribution in [0.3, 0.4) is 0 Å². The van der Waals surface area contributed by atoms with Crippen LogP contribution in [-0.2, 0) is 9.53 Å². The molecule has 0 fully saturated rings. The van der Waals surface area contributed by atoms with Gasteiger partial charge in [0.05, 0.1) is 6.61 Å². The van der Waals surface area contributed by atoms with E-state index in [1.54, 1.807) is 6.92 Å². The second-order valence-corrected chi connectivity index (χ2v) is 3.86. The molecule has 16 heavy (non-hydrogen) atoms. The van der Waals surface area contributed by atoms with Crippen molar-refractivity contribution in [1.82, 2.24) is 10.3 Å². The van der Waals surface area contributed by atoms with Crippen LogP contribution < -0.4 is 11.3 Å². The van der Waals surface area contributed by atoms with Gasteiger partial charge in [0.15, 0.2) is 0 Å². The van der Waals surface area contributed by atoms with E-state index in [0.29, 0.717) is 25.6 Å². The quantitative estimate of drug-likeness (QED) is 0.395. The second-order valence-electron chi connectivity index (χ2n) is 3.86. The molecule has 0 heterocycles. The summed E-state index contributed by atoms with van der Waals surface area (Å²) in [5.74, 6) is 4.99. The van der Waals surface area contributed by atoms with Crippen molar-refractivity contribution in [3.63, 3.8) is 0 Å². The molecule has 2 amide bonds. The SMILES string of the molecule is CCOC(=O)N(CCC(=O)NN)CC(C)C. The lowest BCUT2D eigenvalue weighted by atomic mass is 10.2. The van der Waals surface area contributed by atoms with Gasteiger partial charge in [-0.1, -0.05) is 13.8 Å². The Balaban J connectivity index is 4.19. The maximum atomic E-state index is 11.5. The fourth-order valence-corrected chi connectivity index (χ4v) is 1.22. The van der Waals surface area contributed by atoms with Gasteiger partial charge in [-0.15, -0.1) is 0 Å². The summed E-state index contributed by atoms with van der Waals surface area (Å²) in [5.41, 5.74) is 2.03. The predicted molar refractivity (Wildman–Crippen MR) is 60.4 cm³/mol. The molecule has 0 radical (unpaired) electrons. The van der Waals surface area contributed by atoms with Crippen molar-refractivity contribution in [2.45, 2.75) is 27.2 Å². The van der Waals surface area contributed by atoms with Crippen molar-refractivity contribution in [3.05, 3.63) is 0 Å². The molecule has 0 saturated heterocycles. The van der Waals surface area contributed by atoms with Gasteiger partial charge in [0.25, 0.3) is 0 Å². The molecule has 6 nitrogen and oxygen atoms in total. The van der Waals surface area contributed by atoms with Crippen molar-refractivity contribution >= 4 is 12.0 Å². The Labute approximate surface area is 96.1 Å². The van der Waals surface area contributed by atoms with Crippen molar-refractivity contribution < 1.29 is 14.3 Å². The number of carbonyl (C=O) groups is 2. The first-order valence-electron chi connectivity index (χ1n) is 5.42. The van der Waals surface area contributed by atoms with Gasteiger partial charge in [-0.25, -0.2) is 10.6 Å². The molecule has 0 aliphatic carbocycles. The molecule has 0 rings (SSSR count). The van der Waals surface area contributed by atoms with Gasteiger partial charge in [-0.2, -0.15) is 0 Å². The maximum absolute atomic E-state index is 11.5. The van der Waals surface area contributed by atoms with Crippen LogP contribution in [0.25, 0.3) is 0 Å². The highest BCUT2D eigenvalue weighted by Gasteiger charge is 2.16. The molecule has 0 atom stereocenters. The van der Waals surface area contributed by atoms with E-state index in [1.165, 1.54) is 4.90 Å². The van der Waals surface area contributed by atoms with Crippen LogP contribution in [0.5, 0.6) is 0 Å². The highest BCUT2D eigenvalue weighted by molar-refractivity contribution is 5.76. The molecule has 6 heteroatoms. The van der Waals surface area contributed by atoms with Gasteiger partial charge in [-0.3, -0.25) is 10.2 Å². The lowest BCUT2D eigenvalue weighted by Crippen LogP contribution is -2.39. The first kappa shape index (κ1) is 14.7. The number of hydrazine groups is 1. The van der Waals surface area contributed by atoms with Crippen LogP contribution >= 0.6 is 0 Å². The van der Waals surface area contributed by atoms with E-state index in [1.807, 2.05) is 19.3 Å². The zero-order valence-electron chi connectivity index (χ0n) is 10.2. The van der Waals surface area contributed by atoms with E-state index in [-0.39, 0.29) is 18.4 Å². The zero-order valence-corrected chi connectivity index (χ0v) is 10.2. The minimum absolute atomic E-state index is 0.183. The molecule has 94 valence electrons. The van der Waals surface area contributed by atoms with E-state index in [4.69, 9.17) is 10.6 Å². The minimum atomic E-state index is -0.388. The number of rotatable bonds is 6. The van der Waals surface area contributed by atoms with Crippen LogP contribution in [0.1, 0.15) is 27.2 Å². The first-order chi connectivity index (χ1) is 7.51. The summed E-state index contributed by atoms with van der Waals surface area (Å²) >= 11 is 0. The Morgan fingerprint density at radius 1 is 1.44 bits per heavy atom. The third-order valence-electron chi connectivity index (χ3n) is 1.88. The molecule has 0 bridgehead atoms. The Hall–Kier alpha value is -1.30. The van der Waals surface area contributed by atoms with Gasteiger partial charge >= 0.3 is 6.09 Å². The number of ether oxygens (including phenoxy) is 1. The molecule has 0 aromatic rings. The van der Waals surface area contributed by atoms with Crippen molar-refractivity contribution in [2.24, 2.45) is 11.8 Å². The predicted octanol–water partition coefficient (Wildman–Crippen LogP) is 0.481. The summed E-state index contributed by atoms with van der Waals surface area (Å²) in [7, 11) is 0. The highest BCUT2D eigenvalue weighted by atomic mass is 16.6. The molecule has 3 N–H and O–H groups in total. The van der Waals surface area contributed by atoms with Crippen LogP contribution in [0.15, 0.2) is 0 Å². The number of hydrogen-bond acceptors (Lipinski definition) is 4. The standard InChI is InChI=1S/C10H21N3O3/c1-4-16-10(15)13(7-8(2)3)6-5-9(14)12-11/h8H,4-7,11H2,1-3H3,(H,12,14). The number of carbonyl (C=O) groups excluding carboxylic acids is 2. The molecule has 0 saturated carbocycles. The van der Waals surface area contributed by atoms with Crippen LogP contribution in [0.2, 0.25) is 0 Å². The van der Waals surface area contributed by atoms with E-state index in [0.717, 1.165) is 0 Å². The van der Waals surface area contributed by atoms with Crippen LogP contribution in [0.4, 0.5) is 4.79 Å². The molecule has 0 aromatic heterocycles. The Morgan fingerprint density at radius 3 is 2.50 bits per heavy atom. The van der Waals surface area contributed by atoms with E-state index < -0.39 is 0 Å². The molecule has 0 aliphatic rings. The Bertz CT molecular complexity index is 231. The smallest absolute Gasteiger partial charge is 0.409 e. The van der Waals surface area contributed by atoms with Crippen molar-refractivity contribution in [1.29, 1.82) is 0 Å². The topological polar surface area (TPSA) is 84.7 Å². The largest absolute Gasteiger partial charge is 0.450 e. The Morgan fingerprint density at radius 2 is 2.06 bits per heavy atom. The summed E-state index contributed by atoms with van der Waals surface area (Å²) in [4.78, 5) is 24.0. The first-order valence-corrected chi connectivity index (χ1v) is 5.42. The molecule has 0 spiro atoms. The van der Waals surface area contributed by atoms with Crippen LogP contribution in [-0.4, -0.2) is 36.6 Å². The summed E-state index contributed by atoms with van der Waals surface area (Å²) in [5, 5.41) is 0. The summed E-state index contributed by atoms with van der Waals surface area (Å²) < 4.78 is 4.89. The average molecular weight is 231 g/mol. The third kappa shape index (κ3) is 6.23. The lowest BCUT2D eigenvalue weighted by molar-refractivity contribution is -0.121. The maximum Gasteiger partial charge on any atom is 0.409 e. The number of nitrogens with two attached hydrogens (primary N) is 1. The molecular formula is C10H21N3O3.